The van der Waals surface area contributed by atoms with Crippen LogP contribution in [0.15, 0.2) is 65.0 Å². The average molecular weight is 463 g/mol. The molecular formula is C25H26N4O3S. The number of anilines is 1. The molecule has 7 nitrogen and oxygen atoms in total. The standard InChI is InChI=1S/C25H26N4O3S/c1-32-12-3-11-26-20-9-7-17(8-10-20)25(31)29-23-22-14-18(5-6-19(22)15-27-23)24(30)28-16-21-4-2-13-33-21/h2,4-10,13-14,26H,3,11-12,15-16H2,1H3,(H,28,30)(H,27,29,31). The summed E-state index contributed by atoms with van der Waals surface area (Å²) < 4.78 is 5.04. The molecule has 170 valence electrons. The molecular weight excluding hydrogens is 436 g/mol. The van der Waals surface area contributed by atoms with Gasteiger partial charge >= 0.3 is 0 Å². The summed E-state index contributed by atoms with van der Waals surface area (Å²) in [6, 6.07) is 16.7. The molecule has 4 rings (SSSR count). The molecule has 3 N–H and O–H groups in total. The maximum absolute atomic E-state index is 12.8. The molecule has 1 aliphatic heterocycles. The van der Waals surface area contributed by atoms with E-state index in [1.165, 1.54) is 0 Å². The zero-order valence-electron chi connectivity index (χ0n) is 18.4. The van der Waals surface area contributed by atoms with Crippen LogP contribution < -0.4 is 16.0 Å². The lowest BCUT2D eigenvalue weighted by Gasteiger charge is -2.10. The smallest absolute Gasteiger partial charge is 0.256 e. The van der Waals surface area contributed by atoms with E-state index in [1.807, 2.05) is 35.7 Å². The van der Waals surface area contributed by atoms with E-state index in [1.54, 1.807) is 42.7 Å². The van der Waals surface area contributed by atoms with E-state index in [4.69, 9.17) is 4.74 Å². The summed E-state index contributed by atoms with van der Waals surface area (Å²) in [6.07, 6.45) is 0.909. The lowest BCUT2D eigenvalue weighted by Crippen LogP contribution is -2.30. The van der Waals surface area contributed by atoms with Crippen LogP contribution in [0.1, 0.15) is 43.1 Å². The molecule has 3 aromatic rings. The van der Waals surface area contributed by atoms with Crippen LogP contribution in [0.3, 0.4) is 0 Å². The number of nitrogens with zero attached hydrogens (tertiary/aromatic N) is 1. The molecule has 8 heteroatoms. The van der Waals surface area contributed by atoms with Gasteiger partial charge in [-0.25, -0.2) is 0 Å². The van der Waals surface area contributed by atoms with Gasteiger partial charge in [0.1, 0.15) is 5.84 Å². The topological polar surface area (TPSA) is 91.8 Å². The number of benzene rings is 2. The van der Waals surface area contributed by atoms with Crippen molar-refractivity contribution in [2.24, 2.45) is 4.99 Å². The third-order valence-corrected chi connectivity index (χ3v) is 6.15. The Bertz CT molecular complexity index is 1140. The van der Waals surface area contributed by atoms with E-state index >= 15 is 0 Å². The zero-order valence-corrected chi connectivity index (χ0v) is 19.2. The van der Waals surface area contributed by atoms with Gasteiger partial charge in [0.05, 0.1) is 13.1 Å². The number of thiophene rings is 1. The molecule has 1 aliphatic rings. The van der Waals surface area contributed by atoms with Gasteiger partial charge in [0.2, 0.25) is 0 Å². The number of carbonyl (C=O) groups is 2. The van der Waals surface area contributed by atoms with Crippen LogP contribution in [-0.2, 0) is 17.8 Å². The Morgan fingerprint density at radius 2 is 1.88 bits per heavy atom. The Morgan fingerprint density at radius 3 is 2.64 bits per heavy atom. The minimum absolute atomic E-state index is 0.155. The minimum atomic E-state index is -0.236. The molecule has 2 amide bonds. The van der Waals surface area contributed by atoms with Crippen LogP contribution in [0.2, 0.25) is 0 Å². The molecule has 0 saturated carbocycles. The minimum Gasteiger partial charge on any atom is -0.385 e. The van der Waals surface area contributed by atoms with Crippen molar-refractivity contribution in [1.29, 1.82) is 0 Å². The number of amides is 2. The lowest BCUT2D eigenvalue weighted by atomic mass is 10.0. The molecule has 0 bridgehead atoms. The number of carbonyl (C=O) groups excluding carboxylic acids is 2. The molecule has 2 heterocycles. The van der Waals surface area contributed by atoms with Crippen LogP contribution in [-0.4, -0.2) is 37.9 Å². The largest absolute Gasteiger partial charge is 0.385 e. The number of hydrogen-bond acceptors (Lipinski definition) is 6. The van der Waals surface area contributed by atoms with E-state index < -0.39 is 0 Å². The maximum Gasteiger partial charge on any atom is 0.256 e. The van der Waals surface area contributed by atoms with Crippen molar-refractivity contribution in [3.63, 3.8) is 0 Å². The second kappa shape index (κ2) is 10.9. The highest BCUT2D eigenvalue weighted by Gasteiger charge is 2.20. The fraction of sp³-hybridized carbons (Fsp3) is 0.240. The number of nitrogens with one attached hydrogen (secondary N) is 3. The van der Waals surface area contributed by atoms with Gasteiger partial charge in [-0.2, -0.15) is 0 Å². The molecule has 1 aromatic heterocycles. The Morgan fingerprint density at radius 1 is 1.06 bits per heavy atom. The molecule has 0 aliphatic carbocycles. The molecule has 0 unspecified atom stereocenters. The molecule has 33 heavy (non-hydrogen) atoms. The molecule has 0 spiro atoms. The van der Waals surface area contributed by atoms with Crippen LogP contribution in [0, 0.1) is 0 Å². The van der Waals surface area contributed by atoms with E-state index in [2.05, 4.69) is 20.9 Å². The SMILES string of the molecule is COCCCNc1ccc(C(=O)NC2=NCc3ccc(C(=O)NCc4cccs4)cc32)cc1. The van der Waals surface area contributed by atoms with Crippen LogP contribution in [0.5, 0.6) is 0 Å². The fourth-order valence-corrected chi connectivity index (χ4v) is 4.13. The highest BCUT2D eigenvalue weighted by atomic mass is 32.1. The second-order valence-corrected chi connectivity index (χ2v) is 8.64. The Hall–Kier alpha value is -3.49. The van der Waals surface area contributed by atoms with E-state index in [0.29, 0.717) is 36.7 Å². The highest BCUT2D eigenvalue weighted by molar-refractivity contribution is 7.09. The van der Waals surface area contributed by atoms with Gasteiger partial charge in [-0.05, 0) is 59.8 Å². The number of amidine groups is 1. The van der Waals surface area contributed by atoms with Crippen molar-refractivity contribution >= 4 is 34.7 Å². The van der Waals surface area contributed by atoms with Gasteiger partial charge in [0.25, 0.3) is 11.8 Å². The monoisotopic (exact) mass is 462 g/mol. The first-order valence-electron chi connectivity index (χ1n) is 10.8. The van der Waals surface area contributed by atoms with Crippen molar-refractivity contribution in [3.05, 3.63) is 87.1 Å². The summed E-state index contributed by atoms with van der Waals surface area (Å²) >= 11 is 1.60. The van der Waals surface area contributed by atoms with Gasteiger partial charge < -0.3 is 20.7 Å². The van der Waals surface area contributed by atoms with Gasteiger partial charge in [0.15, 0.2) is 0 Å². The van der Waals surface area contributed by atoms with Crippen molar-refractivity contribution in [2.45, 2.75) is 19.5 Å². The normalized spacial score (nSPS) is 12.1. The van der Waals surface area contributed by atoms with Crippen molar-refractivity contribution in [2.75, 3.05) is 25.6 Å². The third-order valence-electron chi connectivity index (χ3n) is 5.27. The zero-order chi connectivity index (χ0) is 23.0. The Balaban J connectivity index is 1.37. The van der Waals surface area contributed by atoms with Gasteiger partial charge in [-0.3, -0.25) is 14.6 Å². The highest BCUT2D eigenvalue weighted by Crippen LogP contribution is 2.20. The van der Waals surface area contributed by atoms with Crippen molar-refractivity contribution < 1.29 is 14.3 Å². The summed E-state index contributed by atoms with van der Waals surface area (Å²) in [4.78, 5) is 30.9. The van der Waals surface area contributed by atoms with E-state index in [9.17, 15) is 9.59 Å². The number of methoxy groups -OCH3 is 1. The number of ether oxygens (including phenoxy) is 1. The van der Waals surface area contributed by atoms with Crippen molar-refractivity contribution in [3.8, 4) is 0 Å². The lowest BCUT2D eigenvalue weighted by molar-refractivity contribution is 0.0949. The van der Waals surface area contributed by atoms with Gasteiger partial charge in [-0.1, -0.05) is 12.1 Å². The fourth-order valence-electron chi connectivity index (χ4n) is 3.48. The molecule has 0 atom stereocenters. The van der Waals surface area contributed by atoms with E-state index in [-0.39, 0.29) is 11.8 Å². The number of rotatable bonds is 9. The summed E-state index contributed by atoms with van der Waals surface area (Å²) in [6.45, 7) is 2.47. The molecule has 0 radical (unpaired) electrons. The van der Waals surface area contributed by atoms with Crippen LogP contribution >= 0.6 is 11.3 Å². The predicted molar refractivity (Wildman–Crippen MR) is 131 cm³/mol. The summed E-state index contributed by atoms with van der Waals surface area (Å²) in [5.41, 5.74) is 3.79. The van der Waals surface area contributed by atoms with Gasteiger partial charge in [0, 0.05) is 47.5 Å². The van der Waals surface area contributed by atoms with E-state index in [0.717, 1.165) is 34.7 Å². The maximum atomic E-state index is 12.8. The average Bonchev–Trinajstić information content (AvgIpc) is 3.50. The molecule has 0 fully saturated rings. The predicted octanol–water partition coefficient (Wildman–Crippen LogP) is 3.82. The Kier molecular flexibility index (Phi) is 7.49. The first-order valence-corrected chi connectivity index (χ1v) is 11.6. The second-order valence-electron chi connectivity index (χ2n) is 7.60. The van der Waals surface area contributed by atoms with Gasteiger partial charge in [-0.15, -0.1) is 11.3 Å². The Labute approximate surface area is 196 Å². The summed E-state index contributed by atoms with van der Waals surface area (Å²) in [7, 11) is 1.68. The number of fused-ring (bicyclic) bond motifs is 1. The first kappa shape index (κ1) is 22.7. The molecule has 0 saturated heterocycles. The first-order chi connectivity index (χ1) is 16.1. The third kappa shape index (κ3) is 5.85. The van der Waals surface area contributed by atoms with Crippen molar-refractivity contribution in [1.82, 2.24) is 10.6 Å². The number of aliphatic imine (C=N–C) groups is 1. The summed E-state index contributed by atoms with van der Waals surface area (Å²) in [5, 5.41) is 11.1. The van der Waals surface area contributed by atoms with Crippen LogP contribution in [0.4, 0.5) is 5.69 Å². The quantitative estimate of drug-likeness (QED) is 0.422. The molecule has 2 aromatic carbocycles. The summed E-state index contributed by atoms with van der Waals surface area (Å²) in [5.74, 6) is 0.0992. The number of hydrogen-bond donors (Lipinski definition) is 3. The van der Waals surface area contributed by atoms with Crippen LogP contribution in [0.25, 0.3) is 0 Å².